The SMILES string of the molecule is CCOc1ccc(C=NNC(=O)CC(=O)Nc2ccc(OC)cc2)cc1OCC. The number of nitrogens with one attached hydrogen (secondary N) is 2. The minimum atomic E-state index is -0.525. The summed E-state index contributed by atoms with van der Waals surface area (Å²) in [5, 5.41) is 6.52. The molecule has 8 nitrogen and oxygen atoms in total. The average Bonchev–Trinajstić information content (AvgIpc) is 2.70. The Kier molecular flexibility index (Phi) is 8.50. The van der Waals surface area contributed by atoms with Gasteiger partial charge in [-0.3, -0.25) is 9.59 Å². The third kappa shape index (κ3) is 7.17. The fraction of sp³-hybridized carbons (Fsp3) is 0.286. The molecule has 0 saturated carbocycles. The van der Waals surface area contributed by atoms with E-state index in [1.807, 2.05) is 13.8 Å². The van der Waals surface area contributed by atoms with Gasteiger partial charge in [0.25, 0.3) is 0 Å². The Morgan fingerprint density at radius 1 is 0.966 bits per heavy atom. The van der Waals surface area contributed by atoms with Gasteiger partial charge in [0.2, 0.25) is 11.8 Å². The molecule has 0 atom stereocenters. The lowest BCUT2D eigenvalue weighted by atomic mass is 10.2. The fourth-order valence-corrected chi connectivity index (χ4v) is 2.39. The van der Waals surface area contributed by atoms with Gasteiger partial charge in [0.15, 0.2) is 11.5 Å². The molecule has 29 heavy (non-hydrogen) atoms. The van der Waals surface area contributed by atoms with E-state index in [9.17, 15) is 9.59 Å². The topological polar surface area (TPSA) is 98.2 Å². The first-order valence-corrected chi connectivity index (χ1v) is 9.21. The summed E-state index contributed by atoms with van der Waals surface area (Å²) >= 11 is 0. The summed E-state index contributed by atoms with van der Waals surface area (Å²) in [4.78, 5) is 23.8. The molecule has 0 saturated heterocycles. The lowest BCUT2D eigenvalue weighted by molar-refractivity contribution is -0.126. The minimum Gasteiger partial charge on any atom is -0.497 e. The van der Waals surface area contributed by atoms with E-state index in [4.69, 9.17) is 14.2 Å². The van der Waals surface area contributed by atoms with Gasteiger partial charge >= 0.3 is 0 Å². The number of methoxy groups -OCH3 is 1. The van der Waals surface area contributed by atoms with Gasteiger partial charge in [-0.2, -0.15) is 5.10 Å². The minimum absolute atomic E-state index is 0.350. The Morgan fingerprint density at radius 3 is 2.31 bits per heavy atom. The van der Waals surface area contributed by atoms with Gasteiger partial charge < -0.3 is 19.5 Å². The van der Waals surface area contributed by atoms with Crippen molar-refractivity contribution in [3.8, 4) is 17.2 Å². The van der Waals surface area contributed by atoms with Crippen molar-refractivity contribution >= 4 is 23.7 Å². The lowest BCUT2D eigenvalue weighted by Gasteiger charge is -2.11. The molecule has 0 radical (unpaired) electrons. The second-order valence-corrected chi connectivity index (χ2v) is 5.82. The zero-order valence-electron chi connectivity index (χ0n) is 16.7. The number of carbonyl (C=O) groups is 2. The van der Waals surface area contributed by atoms with Gasteiger partial charge in [-0.05, 0) is 61.9 Å². The molecule has 0 bridgehead atoms. The highest BCUT2D eigenvalue weighted by molar-refractivity contribution is 6.03. The van der Waals surface area contributed by atoms with Gasteiger partial charge in [0.1, 0.15) is 12.2 Å². The summed E-state index contributed by atoms with van der Waals surface area (Å²) in [6.07, 6.45) is 1.12. The van der Waals surface area contributed by atoms with Crippen LogP contribution in [0.3, 0.4) is 0 Å². The first kappa shape index (κ1) is 21.7. The van der Waals surface area contributed by atoms with Crippen molar-refractivity contribution in [2.24, 2.45) is 5.10 Å². The predicted molar refractivity (Wildman–Crippen MR) is 111 cm³/mol. The first-order chi connectivity index (χ1) is 14.0. The molecule has 2 N–H and O–H groups in total. The molecule has 2 aromatic carbocycles. The van der Waals surface area contributed by atoms with E-state index in [2.05, 4.69) is 15.8 Å². The summed E-state index contributed by atoms with van der Waals surface area (Å²) in [7, 11) is 1.56. The first-order valence-electron chi connectivity index (χ1n) is 9.21. The van der Waals surface area contributed by atoms with Crippen LogP contribution in [0.5, 0.6) is 17.2 Å². The summed E-state index contributed by atoms with van der Waals surface area (Å²) in [5.41, 5.74) is 3.63. The average molecular weight is 399 g/mol. The number of ether oxygens (including phenoxy) is 3. The molecule has 0 unspecified atom stereocenters. The zero-order chi connectivity index (χ0) is 21.1. The number of anilines is 1. The van der Waals surface area contributed by atoms with Crippen molar-refractivity contribution in [3.05, 3.63) is 48.0 Å². The van der Waals surface area contributed by atoms with Gasteiger partial charge in [-0.1, -0.05) is 0 Å². The highest BCUT2D eigenvalue weighted by Gasteiger charge is 2.09. The van der Waals surface area contributed by atoms with Crippen LogP contribution in [0.25, 0.3) is 0 Å². The van der Waals surface area contributed by atoms with E-state index in [1.54, 1.807) is 49.6 Å². The quantitative estimate of drug-likeness (QED) is 0.364. The number of nitrogens with zero attached hydrogens (tertiary/aromatic N) is 1. The molecule has 0 spiro atoms. The Balaban J connectivity index is 1.86. The third-order valence-electron chi connectivity index (χ3n) is 3.67. The van der Waals surface area contributed by atoms with Crippen LogP contribution in [0.2, 0.25) is 0 Å². The van der Waals surface area contributed by atoms with Crippen LogP contribution in [0.1, 0.15) is 25.8 Å². The number of hydrogen-bond acceptors (Lipinski definition) is 6. The van der Waals surface area contributed by atoms with Crippen LogP contribution in [0.4, 0.5) is 5.69 Å². The highest BCUT2D eigenvalue weighted by atomic mass is 16.5. The molecule has 0 heterocycles. The molecule has 154 valence electrons. The highest BCUT2D eigenvalue weighted by Crippen LogP contribution is 2.27. The van der Waals surface area contributed by atoms with Crippen LogP contribution in [-0.2, 0) is 9.59 Å². The number of carbonyl (C=O) groups excluding carboxylic acids is 2. The Morgan fingerprint density at radius 2 is 1.66 bits per heavy atom. The number of hydrogen-bond donors (Lipinski definition) is 2. The maximum Gasteiger partial charge on any atom is 0.249 e. The van der Waals surface area contributed by atoms with Gasteiger partial charge in [0, 0.05) is 5.69 Å². The van der Waals surface area contributed by atoms with E-state index in [-0.39, 0.29) is 6.42 Å². The second-order valence-electron chi connectivity index (χ2n) is 5.82. The number of amides is 2. The maximum atomic E-state index is 11.9. The standard InChI is InChI=1S/C21H25N3O5/c1-4-28-18-11-6-15(12-19(18)29-5-2)14-22-24-21(26)13-20(25)23-16-7-9-17(27-3)10-8-16/h6-12,14H,4-5,13H2,1-3H3,(H,23,25)(H,24,26). The van der Waals surface area contributed by atoms with E-state index >= 15 is 0 Å². The van der Waals surface area contributed by atoms with Crippen LogP contribution < -0.4 is 25.0 Å². The summed E-state index contributed by atoms with van der Waals surface area (Å²) in [6.45, 7) is 4.81. The molecule has 2 amide bonds. The molecular weight excluding hydrogens is 374 g/mol. The Hall–Kier alpha value is -3.55. The van der Waals surface area contributed by atoms with Crippen molar-refractivity contribution in [3.63, 3.8) is 0 Å². The molecule has 0 fully saturated rings. The normalized spacial score (nSPS) is 10.4. The summed E-state index contributed by atoms with van der Waals surface area (Å²) in [6, 6.07) is 12.1. The molecule has 0 aliphatic carbocycles. The second kappa shape index (κ2) is 11.3. The smallest absolute Gasteiger partial charge is 0.249 e. The van der Waals surface area contributed by atoms with Crippen molar-refractivity contribution < 1.29 is 23.8 Å². The fourth-order valence-electron chi connectivity index (χ4n) is 2.39. The number of rotatable bonds is 10. The lowest BCUT2D eigenvalue weighted by Crippen LogP contribution is -2.24. The molecule has 2 rings (SSSR count). The van der Waals surface area contributed by atoms with Gasteiger partial charge in [-0.15, -0.1) is 0 Å². The van der Waals surface area contributed by atoms with Crippen molar-refractivity contribution in [1.29, 1.82) is 0 Å². The molecule has 2 aromatic rings. The summed E-state index contributed by atoms with van der Waals surface area (Å²) < 4.78 is 16.1. The van der Waals surface area contributed by atoms with Crippen LogP contribution in [-0.4, -0.2) is 38.4 Å². The largest absolute Gasteiger partial charge is 0.497 e. The number of benzene rings is 2. The monoisotopic (exact) mass is 399 g/mol. The summed E-state index contributed by atoms with van der Waals surface area (Å²) in [5.74, 6) is 0.955. The van der Waals surface area contributed by atoms with E-state index in [0.29, 0.717) is 36.1 Å². The van der Waals surface area contributed by atoms with Crippen LogP contribution >= 0.6 is 0 Å². The van der Waals surface area contributed by atoms with Crippen molar-refractivity contribution in [2.45, 2.75) is 20.3 Å². The van der Waals surface area contributed by atoms with Gasteiger partial charge in [0.05, 0.1) is 26.5 Å². The van der Waals surface area contributed by atoms with Crippen LogP contribution in [0.15, 0.2) is 47.6 Å². The molecule has 0 aliphatic heterocycles. The Bertz CT molecular complexity index is 850. The predicted octanol–water partition coefficient (Wildman–Crippen LogP) is 2.97. The van der Waals surface area contributed by atoms with Crippen LogP contribution in [0, 0.1) is 0 Å². The zero-order valence-corrected chi connectivity index (χ0v) is 16.7. The third-order valence-corrected chi connectivity index (χ3v) is 3.67. The van der Waals surface area contributed by atoms with Gasteiger partial charge in [-0.25, -0.2) is 5.43 Å². The maximum absolute atomic E-state index is 11.9. The van der Waals surface area contributed by atoms with Crippen molar-refractivity contribution in [1.82, 2.24) is 5.43 Å². The van der Waals surface area contributed by atoms with E-state index in [0.717, 1.165) is 5.56 Å². The Labute approximate surface area is 169 Å². The molecular formula is C21H25N3O5. The van der Waals surface area contributed by atoms with E-state index < -0.39 is 11.8 Å². The molecule has 8 heteroatoms. The number of hydrazone groups is 1. The van der Waals surface area contributed by atoms with Crippen molar-refractivity contribution in [2.75, 3.05) is 25.6 Å². The van der Waals surface area contributed by atoms with E-state index in [1.165, 1.54) is 6.21 Å². The molecule has 0 aliphatic rings. The molecule has 0 aromatic heterocycles.